The number of rotatable bonds is 4. The summed E-state index contributed by atoms with van der Waals surface area (Å²) in [5.74, 6) is 0.451. The summed E-state index contributed by atoms with van der Waals surface area (Å²) < 4.78 is 24.0. The van der Waals surface area contributed by atoms with Crippen molar-refractivity contribution in [2.75, 3.05) is 24.6 Å². The van der Waals surface area contributed by atoms with Gasteiger partial charge in [-0.15, -0.1) is 0 Å². The first kappa shape index (κ1) is 15.9. The van der Waals surface area contributed by atoms with Gasteiger partial charge in [0.25, 0.3) is 0 Å². The Balaban J connectivity index is 1.87. The van der Waals surface area contributed by atoms with Gasteiger partial charge in [-0.25, -0.2) is 8.42 Å². The highest BCUT2D eigenvalue weighted by Gasteiger charge is 2.28. The zero-order chi connectivity index (χ0) is 14.8. The number of halogens is 1. The number of benzene rings is 1. The highest BCUT2D eigenvalue weighted by molar-refractivity contribution is 9.10. The van der Waals surface area contributed by atoms with Crippen molar-refractivity contribution in [1.82, 2.24) is 4.90 Å². The van der Waals surface area contributed by atoms with Gasteiger partial charge in [0.15, 0.2) is 9.84 Å². The van der Waals surface area contributed by atoms with Crippen LogP contribution in [0.5, 0.6) is 0 Å². The molecule has 6 heteroatoms. The van der Waals surface area contributed by atoms with Crippen LogP contribution in [0.15, 0.2) is 28.7 Å². The highest BCUT2D eigenvalue weighted by Crippen LogP contribution is 2.21. The number of aliphatic hydroxyl groups excluding tert-OH is 1. The molecule has 1 aliphatic rings. The standard InChI is InChI=1S/C14H20BrNO3S/c1-11-10-20(18,19)9-8-16(11)7-6-14(17)12-2-4-13(15)5-3-12/h2-5,11,14,17H,6-10H2,1H3. The summed E-state index contributed by atoms with van der Waals surface area (Å²) in [7, 11) is -2.87. The van der Waals surface area contributed by atoms with E-state index in [0.29, 0.717) is 19.5 Å². The lowest BCUT2D eigenvalue weighted by Crippen LogP contribution is -2.47. The Bertz CT molecular complexity index is 544. The van der Waals surface area contributed by atoms with Gasteiger partial charge in [0.05, 0.1) is 17.6 Å². The van der Waals surface area contributed by atoms with Crippen molar-refractivity contribution in [2.24, 2.45) is 0 Å². The largest absolute Gasteiger partial charge is 0.388 e. The van der Waals surface area contributed by atoms with Gasteiger partial charge in [0.1, 0.15) is 0 Å². The second-order valence-corrected chi connectivity index (χ2v) is 8.50. The molecule has 1 heterocycles. The van der Waals surface area contributed by atoms with E-state index in [0.717, 1.165) is 10.0 Å². The number of nitrogens with zero attached hydrogens (tertiary/aromatic N) is 1. The van der Waals surface area contributed by atoms with Gasteiger partial charge in [0.2, 0.25) is 0 Å². The van der Waals surface area contributed by atoms with E-state index >= 15 is 0 Å². The van der Waals surface area contributed by atoms with E-state index in [4.69, 9.17) is 0 Å². The Morgan fingerprint density at radius 2 is 2.05 bits per heavy atom. The first-order valence-corrected chi connectivity index (χ1v) is 9.37. The van der Waals surface area contributed by atoms with Crippen LogP contribution in [0, 0.1) is 0 Å². The minimum Gasteiger partial charge on any atom is -0.388 e. The molecule has 0 amide bonds. The van der Waals surface area contributed by atoms with Crippen LogP contribution < -0.4 is 0 Å². The average molecular weight is 362 g/mol. The second kappa shape index (κ2) is 6.56. The molecule has 1 N–H and O–H groups in total. The van der Waals surface area contributed by atoms with Crippen molar-refractivity contribution in [3.63, 3.8) is 0 Å². The monoisotopic (exact) mass is 361 g/mol. The molecule has 1 fully saturated rings. The molecule has 2 atom stereocenters. The zero-order valence-electron chi connectivity index (χ0n) is 11.5. The summed E-state index contributed by atoms with van der Waals surface area (Å²) in [6.07, 6.45) is 0.111. The van der Waals surface area contributed by atoms with E-state index in [9.17, 15) is 13.5 Å². The van der Waals surface area contributed by atoms with Gasteiger partial charge >= 0.3 is 0 Å². The molecule has 1 aromatic rings. The molecule has 0 spiro atoms. The topological polar surface area (TPSA) is 57.6 Å². The van der Waals surface area contributed by atoms with E-state index in [1.54, 1.807) is 0 Å². The van der Waals surface area contributed by atoms with Crippen LogP contribution in [0.25, 0.3) is 0 Å². The van der Waals surface area contributed by atoms with Crippen LogP contribution in [0.2, 0.25) is 0 Å². The van der Waals surface area contributed by atoms with Crippen LogP contribution in [0.1, 0.15) is 25.0 Å². The molecular weight excluding hydrogens is 342 g/mol. The quantitative estimate of drug-likeness (QED) is 0.890. The number of sulfone groups is 1. The minimum absolute atomic E-state index is 0.0332. The maximum atomic E-state index is 11.5. The lowest BCUT2D eigenvalue weighted by molar-refractivity contribution is 0.132. The van der Waals surface area contributed by atoms with Crippen molar-refractivity contribution in [3.8, 4) is 0 Å². The molecule has 112 valence electrons. The third-order valence-electron chi connectivity index (χ3n) is 3.75. The Hall–Kier alpha value is -0.430. The molecule has 20 heavy (non-hydrogen) atoms. The second-order valence-electron chi connectivity index (χ2n) is 5.36. The third kappa shape index (κ3) is 4.28. The van der Waals surface area contributed by atoms with Crippen LogP contribution in [-0.4, -0.2) is 49.1 Å². The Morgan fingerprint density at radius 1 is 1.40 bits per heavy atom. The van der Waals surface area contributed by atoms with Gasteiger partial charge in [-0.1, -0.05) is 28.1 Å². The van der Waals surface area contributed by atoms with Crippen LogP contribution in [0.3, 0.4) is 0 Å². The Kier molecular flexibility index (Phi) is 5.23. The first-order chi connectivity index (χ1) is 9.37. The van der Waals surface area contributed by atoms with Gasteiger partial charge in [-0.2, -0.15) is 0 Å². The van der Waals surface area contributed by atoms with Gasteiger partial charge < -0.3 is 5.11 Å². The molecular formula is C14H20BrNO3S. The van der Waals surface area contributed by atoms with Crippen molar-refractivity contribution in [2.45, 2.75) is 25.5 Å². The molecule has 0 saturated carbocycles. The highest BCUT2D eigenvalue weighted by atomic mass is 79.9. The molecule has 1 aliphatic heterocycles. The first-order valence-electron chi connectivity index (χ1n) is 6.75. The van der Waals surface area contributed by atoms with Crippen molar-refractivity contribution >= 4 is 25.8 Å². The summed E-state index contributed by atoms with van der Waals surface area (Å²) in [5.41, 5.74) is 0.894. The van der Waals surface area contributed by atoms with Gasteiger partial charge in [-0.05, 0) is 31.0 Å². The van der Waals surface area contributed by atoms with Crippen LogP contribution in [0.4, 0.5) is 0 Å². The van der Waals surface area contributed by atoms with E-state index in [-0.39, 0.29) is 17.5 Å². The summed E-state index contributed by atoms with van der Waals surface area (Å²) in [5, 5.41) is 10.2. The summed E-state index contributed by atoms with van der Waals surface area (Å²) in [6.45, 7) is 3.22. The summed E-state index contributed by atoms with van der Waals surface area (Å²) in [4.78, 5) is 2.14. The average Bonchev–Trinajstić information content (AvgIpc) is 2.37. The number of hydrogen-bond acceptors (Lipinski definition) is 4. The predicted octanol–water partition coefficient (Wildman–Crippen LogP) is 1.99. The smallest absolute Gasteiger partial charge is 0.153 e. The maximum Gasteiger partial charge on any atom is 0.153 e. The normalized spacial score (nSPS) is 24.4. The fourth-order valence-corrected chi connectivity index (χ4v) is 4.39. The van der Waals surface area contributed by atoms with Gasteiger partial charge in [0, 0.05) is 23.6 Å². The van der Waals surface area contributed by atoms with Crippen molar-refractivity contribution in [1.29, 1.82) is 0 Å². The maximum absolute atomic E-state index is 11.5. The third-order valence-corrected chi connectivity index (χ3v) is 6.08. The lowest BCUT2D eigenvalue weighted by Gasteiger charge is -2.33. The van der Waals surface area contributed by atoms with Crippen LogP contribution in [-0.2, 0) is 9.84 Å². The molecule has 4 nitrogen and oxygen atoms in total. The molecule has 2 rings (SSSR count). The SMILES string of the molecule is CC1CS(=O)(=O)CCN1CCC(O)c1ccc(Br)cc1. The lowest BCUT2D eigenvalue weighted by atomic mass is 10.1. The number of aliphatic hydroxyl groups is 1. The summed E-state index contributed by atoms with van der Waals surface area (Å²) in [6, 6.07) is 7.66. The van der Waals surface area contributed by atoms with Crippen molar-refractivity contribution < 1.29 is 13.5 Å². The fraction of sp³-hybridized carbons (Fsp3) is 0.571. The predicted molar refractivity (Wildman–Crippen MR) is 83.4 cm³/mol. The zero-order valence-corrected chi connectivity index (χ0v) is 13.9. The van der Waals surface area contributed by atoms with E-state index in [1.807, 2.05) is 31.2 Å². The molecule has 0 aliphatic carbocycles. The molecule has 1 saturated heterocycles. The number of hydrogen-bond donors (Lipinski definition) is 1. The fourth-order valence-electron chi connectivity index (χ4n) is 2.50. The van der Waals surface area contributed by atoms with Gasteiger partial charge in [-0.3, -0.25) is 4.90 Å². The minimum atomic E-state index is -2.87. The Labute approximate surface area is 128 Å². The van der Waals surface area contributed by atoms with Crippen LogP contribution >= 0.6 is 15.9 Å². The molecule has 2 unspecified atom stereocenters. The summed E-state index contributed by atoms with van der Waals surface area (Å²) >= 11 is 3.37. The van der Waals surface area contributed by atoms with Crippen molar-refractivity contribution in [3.05, 3.63) is 34.3 Å². The van der Waals surface area contributed by atoms with E-state index in [2.05, 4.69) is 20.8 Å². The molecule has 0 radical (unpaired) electrons. The molecule has 0 aromatic heterocycles. The Morgan fingerprint density at radius 3 is 2.65 bits per heavy atom. The molecule has 1 aromatic carbocycles. The molecule has 0 bridgehead atoms. The van der Waals surface area contributed by atoms with E-state index in [1.165, 1.54) is 0 Å². The van der Waals surface area contributed by atoms with E-state index < -0.39 is 15.9 Å².